The normalized spacial score (nSPS) is 16.9. The third kappa shape index (κ3) is 3.69. The number of hydrogen-bond acceptors (Lipinski definition) is 5. The second kappa shape index (κ2) is 8.26. The quantitative estimate of drug-likeness (QED) is 0.778. The third-order valence-corrected chi connectivity index (χ3v) is 5.88. The number of anilines is 1. The summed E-state index contributed by atoms with van der Waals surface area (Å²) in [6.45, 7) is 3.94. The van der Waals surface area contributed by atoms with Gasteiger partial charge < -0.3 is 10.6 Å². The van der Waals surface area contributed by atoms with Gasteiger partial charge in [0.25, 0.3) is 5.91 Å². The van der Waals surface area contributed by atoms with Crippen molar-refractivity contribution in [2.45, 2.75) is 19.8 Å². The number of para-hydroxylation sites is 1. The molecule has 3 rings (SSSR count). The van der Waals surface area contributed by atoms with Gasteiger partial charge in [0.1, 0.15) is 0 Å². The molecule has 6 heteroatoms. The summed E-state index contributed by atoms with van der Waals surface area (Å²) in [5.41, 5.74) is 2.71. The summed E-state index contributed by atoms with van der Waals surface area (Å²) in [5, 5.41) is 18.9. The number of benzene rings is 1. The van der Waals surface area contributed by atoms with Crippen LogP contribution in [0.5, 0.6) is 0 Å². The van der Waals surface area contributed by atoms with Crippen molar-refractivity contribution in [2.24, 2.45) is 0 Å². The zero-order chi connectivity index (χ0) is 18.5. The van der Waals surface area contributed by atoms with Crippen molar-refractivity contribution in [1.82, 2.24) is 5.32 Å². The molecule has 1 aromatic heterocycles. The lowest BCUT2D eigenvalue weighted by Crippen LogP contribution is -2.30. The minimum atomic E-state index is -0.348. The number of dihydropyridines is 1. The standard InChI is InChI=1S/C20H19N3OS2/c1-3-25-20-15(12-21)18(16-10-7-11-26-16)17(13(2)22-20)19(24)23-14-8-5-4-6-9-14/h4-11,18,22H,3H2,1-2H3,(H,23,24)/t18-/m0/s1. The highest BCUT2D eigenvalue weighted by molar-refractivity contribution is 8.03. The number of thioether (sulfide) groups is 1. The van der Waals surface area contributed by atoms with Crippen LogP contribution >= 0.6 is 23.1 Å². The molecule has 0 unspecified atom stereocenters. The second-order valence-electron chi connectivity index (χ2n) is 5.72. The lowest BCUT2D eigenvalue weighted by atomic mass is 9.86. The minimum absolute atomic E-state index is 0.187. The number of nitriles is 1. The molecule has 0 spiro atoms. The smallest absolute Gasteiger partial charge is 0.254 e. The molecule has 2 aromatic rings. The molecule has 2 N–H and O–H groups in total. The maximum atomic E-state index is 13.1. The van der Waals surface area contributed by atoms with Gasteiger partial charge in [-0.15, -0.1) is 23.1 Å². The summed E-state index contributed by atoms with van der Waals surface area (Å²) in [6, 6.07) is 15.6. The van der Waals surface area contributed by atoms with Crippen LogP contribution in [0.2, 0.25) is 0 Å². The van der Waals surface area contributed by atoms with Gasteiger partial charge in [-0.1, -0.05) is 31.2 Å². The lowest BCUT2D eigenvalue weighted by Gasteiger charge is -2.29. The predicted octanol–water partition coefficient (Wildman–Crippen LogP) is 4.84. The molecule has 132 valence electrons. The van der Waals surface area contributed by atoms with Crippen LogP contribution in [0, 0.1) is 11.3 Å². The Morgan fingerprint density at radius 2 is 2.08 bits per heavy atom. The van der Waals surface area contributed by atoms with Crippen molar-refractivity contribution >= 4 is 34.7 Å². The largest absolute Gasteiger partial charge is 0.353 e. The summed E-state index contributed by atoms with van der Waals surface area (Å²) in [4.78, 5) is 14.1. The van der Waals surface area contributed by atoms with E-state index in [0.717, 1.165) is 27.0 Å². The zero-order valence-electron chi connectivity index (χ0n) is 14.6. The molecular weight excluding hydrogens is 362 g/mol. The maximum Gasteiger partial charge on any atom is 0.254 e. The summed E-state index contributed by atoms with van der Waals surface area (Å²) in [7, 11) is 0. The molecular formula is C20H19N3OS2. The molecule has 0 radical (unpaired) electrons. The van der Waals surface area contributed by atoms with Gasteiger partial charge in [0.2, 0.25) is 0 Å². The molecule has 0 saturated carbocycles. The second-order valence-corrected chi connectivity index (χ2v) is 7.97. The van der Waals surface area contributed by atoms with Gasteiger partial charge >= 0.3 is 0 Å². The first-order valence-corrected chi connectivity index (χ1v) is 10.2. The van der Waals surface area contributed by atoms with Gasteiger partial charge in [-0.2, -0.15) is 5.26 Å². The van der Waals surface area contributed by atoms with E-state index in [1.165, 1.54) is 0 Å². The van der Waals surface area contributed by atoms with E-state index < -0.39 is 0 Å². The number of carbonyl (C=O) groups excluding carboxylic acids is 1. The molecule has 0 saturated heterocycles. The van der Waals surface area contributed by atoms with Crippen LogP contribution in [0.4, 0.5) is 5.69 Å². The summed E-state index contributed by atoms with van der Waals surface area (Å²) in [6.07, 6.45) is 0. The molecule has 0 aliphatic carbocycles. The average molecular weight is 382 g/mol. The highest BCUT2D eigenvalue weighted by Gasteiger charge is 2.35. The lowest BCUT2D eigenvalue weighted by molar-refractivity contribution is -0.113. The minimum Gasteiger partial charge on any atom is -0.353 e. The SMILES string of the molecule is CCSC1=C(C#N)[C@@H](c2cccs2)C(C(=O)Nc2ccccc2)=C(C)N1. The molecule has 1 atom stereocenters. The van der Waals surface area contributed by atoms with E-state index >= 15 is 0 Å². The van der Waals surface area contributed by atoms with E-state index in [2.05, 4.69) is 16.7 Å². The van der Waals surface area contributed by atoms with Crippen LogP contribution in [0.1, 0.15) is 24.6 Å². The van der Waals surface area contributed by atoms with Gasteiger partial charge in [-0.3, -0.25) is 4.79 Å². The maximum absolute atomic E-state index is 13.1. The first-order valence-electron chi connectivity index (χ1n) is 8.30. The molecule has 1 aliphatic rings. The fraction of sp³-hybridized carbons (Fsp3) is 0.200. The monoisotopic (exact) mass is 381 g/mol. The fourth-order valence-electron chi connectivity index (χ4n) is 2.93. The Bertz CT molecular complexity index is 893. The molecule has 0 fully saturated rings. The third-order valence-electron chi connectivity index (χ3n) is 4.04. The van der Waals surface area contributed by atoms with Gasteiger partial charge in [0.05, 0.1) is 22.6 Å². The number of nitrogens with zero attached hydrogens (tertiary/aromatic N) is 1. The number of hydrogen-bond donors (Lipinski definition) is 2. The first-order chi connectivity index (χ1) is 12.7. The Kier molecular flexibility index (Phi) is 5.82. The van der Waals surface area contributed by atoms with Gasteiger partial charge in [-0.25, -0.2) is 0 Å². The van der Waals surface area contributed by atoms with Crippen molar-refractivity contribution in [3.8, 4) is 6.07 Å². The number of carbonyl (C=O) groups is 1. The van der Waals surface area contributed by atoms with E-state index in [1.807, 2.05) is 61.7 Å². The number of rotatable bonds is 5. The van der Waals surface area contributed by atoms with Gasteiger partial charge in [-0.05, 0) is 36.3 Å². The molecule has 0 bridgehead atoms. The molecule has 2 heterocycles. The fourth-order valence-corrected chi connectivity index (χ4v) is 4.61. The van der Waals surface area contributed by atoms with E-state index in [9.17, 15) is 10.1 Å². The molecule has 1 aromatic carbocycles. The van der Waals surface area contributed by atoms with Crippen molar-refractivity contribution in [2.75, 3.05) is 11.1 Å². The van der Waals surface area contributed by atoms with Crippen molar-refractivity contribution < 1.29 is 4.79 Å². The molecule has 4 nitrogen and oxygen atoms in total. The highest BCUT2D eigenvalue weighted by Crippen LogP contribution is 2.42. The van der Waals surface area contributed by atoms with Crippen LogP contribution in [0.25, 0.3) is 0 Å². The molecule has 26 heavy (non-hydrogen) atoms. The van der Waals surface area contributed by atoms with Crippen LogP contribution in [0.3, 0.4) is 0 Å². The van der Waals surface area contributed by atoms with E-state index in [0.29, 0.717) is 11.1 Å². The average Bonchev–Trinajstić information content (AvgIpc) is 3.16. The Morgan fingerprint density at radius 3 is 2.69 bits per heavy atom. The van der Waals surface area contributed by atoms with E-state index in [4.69, 9.17) is 0 Å². The van der Waals surface area contributed by atoms with E-state index in [1.54, 1.807) is 23.1 Å². The van der Waals surface area contributed by atoms with Gasteiger partial charge in [0, 0.05) is 21.8 Å². The van der Waals surface area contributed by atoms with Crippen molar-refractivity contribution in [3.63, 3.8) is 0 Å². The Labute approximate surface area is 161 Å². The van der Waals surface area contributed by atoms with Crippen LogP contribution in [-0.4, -0.2) is 11.7 Å². The number of thiophene rings is 1. The Hall–Kier alpha value is -2.49. The van der Waals surface area contributed by atoms with Crippen LogP contribution in [-0.2, 0) is 4.79 Å². The number of nitrogens with one attached hydrogen (secondary N) is 2. The summed E-state index contributed by atoms with van der Waals surface area (Å²) >= 11 is 3.15. The topological polar surface area (TPSA) is 64.9 Å². The molecule has 1 aliphatic heterocycles. The Morgan fingerprint density at radius 1 is 1.31 bits per heavy atom. The number of amides is 1. The zero-order valence-corrected chi connectivity index (χ0v) is 16.2. The van der Waals surface area contributed by atoms with Crippen LogP contribution < -0.4 is 10.6 Å². The Balaban J connectivity index is 2.03. The van der Waals surface area contributed by atoms with Crippen LogP contribution in [0.15, 0.2) is 69.7 Å². The highest BCUT2D eigenvalue weighted by atomic mass is 32.2. The number of allylic oxidation sites excluding steroid dienone is 2. The van der Waals surface area contributed by atoms with Crippen molar-refractivity contribution in [1.29, 1.82) is 5.26 Å². The van der Waals surface area contributed by atoms with Crippen molar-refractivity contribution in [3.05, 3.63) is 74.6 Å². The summed E-state index contributed by atoms with van der Waals surface area (Å²) in [5.74, 6) is 0.315. The van der Waals surface area contributed by atoms with E-state index in [-0.39, 0.29) is 11.8 Å². The van der Waals surface area contributed by atoms with Gasteiger partial charge in [0.15, 0.2) is 0 Å². The first kappa shape index (κ1) is 18.3. The molecule has 1 amide bonds. The summed E-state index contributed by atoms with van der Waals surface area (Å²) < 4.78 is 0. The predicted molar refractivity (Wildman–Crippen MR) is 109 cm³/mol.